The van der Waals surface area contributed by atoms with Crippen LogP contribution < -0.4 is 16.0 Å². The highest BCUT2D eigenvalue weighted by molar-refractivity contribution is 7.17. The molecule has 1 aromatic heterocycles. The van der Waals surface area contributed by atoms with Crippen molar-refractivity contribution < 1.29 is 4.79 Å². The van der Waals surface area contributed by atoms with E-state index >= 15 is 0 Å². The monoisotopic (exact) mass is 500 g/mol. The molecule has 3 N–H and O–H groups in total. The van der Waals surface area contributed by atoms with Gasteiger partial charge in [-0.1, -0.05) is 60.4 Å². The van der Waals surface area contributed by atoms with E-state index in [-0.39, 0.29) is 5.91 Å². The standard InChI is InChI=1S/C30H36N4OS/c1-18-16-19(2)26(20(3)17-18)33-29(35)27-21(4)31-30(36-27)34-28(24-10-11-24)32-25-14-12-23(13-15-25)22-8-6-5-7-9-22/h12-17,22,32H,5-11H2,1-4H3,(H,31,34)(H,33,35). The minimum absolute atomic E-state index is 0.111. The first-order valence-corrected chi connectivity index (χ1v) is 13.9. The van der Waals surface area contributed by atoms with Crippen LogP contribution in [0.5, 0.6) is 0 Å². The van der Waals surface area contributed by atoms with Gasteiger partial charge in [-0.2, -0.15) is 0 Å². The smallest absolute Gasteiger partial charge is 0.267 e. The van der Waals surface area contributed by atoms with Gasteiger partial charge >= 0.3 is 0 Å². The van der Waals surface area contributed by atoms with Crippen molar-refractivity contribution in [3.63, 3.8) is 0 Å². The van der Waals surface area contributed by atoms with Crippen LogP contribution >= 0.6 is 11.3 Å². The number of nitrogens with one attached hydrogen (secondary N) is 3. The summed E-state index contributed by atoms with van der Waals surface area (Å²) in [6.45, 7) is 8.03. The fraction of sp³-hybridized carbons (Fsp3) is 0.400. The summed E-state index contributed by atoms with van der Waals surface area (Å²) >= 11 is 1.40. The Labute approximate surface area is 218 Å². The number of thiazole rings is 1. The number of rotatable bonds is 7. The number of aromatic nitrogens is 1. The zero-order chi connectivity index (χ0) is 25.2. The van der Waals surface area contributed by atoms with Crippen molar-refractivity contribution in [3.8, 4) is 0 Å². The second kappa shape index (κ2) is 10.5. The topological polar surface area (TPSA) is 66.1 Å². The van der Waals surface area contributed by atoms with Crippen LogP contribution in [-0.2, 0) is 0 Å². The Bertz CT molecular complexity index is 1270. The van der Waals surface area contributed by atoms with Crippen LogP contribution in [0.2, 0.25) is 0 Å². The third-order valence-electron chi connectivity index (χ3n) is 7.26. The number of carbonyl (C=O) groups excluding carboxylic acids is 1. The van der Waals surface area contributed by atoms with E-state index in [4.69, 9.17) is 0 Å². The maximum Gasteiger partial charge on any atom is 0.267 e. The molecule has 1 heterocycles. The summed E-state index contributed by atoms with van der Waals surface area (Å²) in [6.07, 6.45) is 8.87. The van der Waals surface area contributed by atoms with Crippen molar-refractivity contribution >= 4 is 33.8 Å². The molecule has 0 spiro atoms. The third kappa shape index (κ3) is 5.65. The van der Waals surface area contributed by atoms with Gasteiger partial charge in [0.05, 0.1) is 5.69 Å². The molecule has 0 bridgehead atoms. The lowest BCUT2D eigenvalue weighted by molar-refractivity contribution is 0.102. The summed E-state index contributed by atoms with van der Waals surface area (Å²) in [4.78, 5) is 18.4. The van der Waals surface area contributed by atoms with Gasteiger partial charge in [0, 0.05) is 11.4 Å². The normalized spacial score (nSPS) is 15.5. The van der Waals surface area contributed by atoms with Gasteiger partial charge in [0.15, 0.2) is 5.13 Å². The van der Waals surface area contributed by atoms with Crippen molar-refractivity contribution in [1.29, 1.82) is 0 Å². The number of hydrogen-bond acceptors (Lipinski definition) is 5. The lowest BCUT2D eigenvalue weighted by Gasteiger charge is -2.22. The maximum atomic E-state index is 13.1. The summed E-state index contributed by atoms with van der Waals surface area (Å²) in [5, 5.41) is 10.9. The number of nitrogens with zero attached hydrogens (tertiary/aromatic N) is 1. The minimum Gasteiger partial charge on any atom is -0.342 e. The lowest BCUT2D eigenvalue weighted by atomic mass is 9.84. The SMILES string of the molecule is Cc1cc(C)c(NC(=O)c2sc(NC(Nc3ccc(C4CCCCC4)cc3)=C3CC3)nc2C)c(C)c1. The van der Waals surface area contributed by atoms with Crippen molar-refractivity contribution in [1.82, 2.24) is 4.98 Å². The Morgan fingerprint density at radius 1 is 0.889 bits per heavy atom. The van der Waals surface area contributed by atoms with E-state index in [0.717, 1.165) is 52.0 Å². The molecule has 5 nitrogen and oxygen atoms in total. The average molecular weight is 501 g/mol. The predicted octanol–water partition coefficient (Wildman–Crippen LogP) is 8.21. The number of carbonyl (C=O) groups is 1. The molecule has 2 aliphatic carbocycles. The van der Waals surface area contributed by atoms with Gasteiger partial charge in [-0.15, -0.1) is 0 Å². The van der Waals surface area contributed by atoms with Crippen molar-refractivity contribution in [2.24, 2.45) is 0 Å². The Balaban J connectivity index is 1.27. The van der Waals surface area contributed by atoms with Crippen molar-refractivity contribution in [2.75, 3.05) is 16.0 Å². The molecule has 2 aromatic carbocycles. The van der Waals surface area contributed by atoms with Gasteiger partial charge in [-0.05, 0) is 93.7 Å². The molecule has 0 saturated heterocycles. The van der Waals surface area contributed by atoms with E-state index in [2.05, 4.69) is 64.3 Å². The first kappa shape index (κ1) is 24.6. The van der Waals surface area contributed by atoms with E-state index in [9.17, 15) is 4.79 Å². The average Bonchev–Trinajstić information content (AvgIpc) is 3.64. The number of benzene rings is 2. The molecule has 0 aliphatic heterocycles. The first-order valence-electron chi connectivity index (χ1n) is 13.1. The Morgan fingerprint density at radius 3 is 2.19 bits per heavy atom. The first-order chi connectivity index (χ1) is 17.4. The fourth-order valence-corrected chi connectivity index (χ4v) is 6.12. The number of hydrogen-bond donors (Lipinski definition) is 3. The van der Waals surface area contributed by atoms with Gasteiger partial charge in [-0.3, -0.25) is 4.79 Å². The molecule has 0 unspecified atom stereocenters. The minimum atomic E-state index is -0.111. The van der Waals surface area contributed by atoms with Crippen LogP contribution in [0.1, 0.15) is 88.5 Å². The zero-order valence-corrected chi connectivity index (χ0v) is 22.6. The molecule has 2 saturated carbocycles. The Morgan fingerprint density at radius 2 is 1.56 bits per heavy atom. The molecular formula is C30H36N4OS. The highest BCUT2D eigenvalue weighted by Crippen LogP contribution is 2.36. The molecule has 2 aliphatic rings. The largest absolute Gasteiger partial charge is 0.342 e. The van der Waals surface area contributed by atoms with Gasteiger partial charge in [0.1, 0.15) is 10.7 Å². The van der Waals surface area contributed by atoms with Crippen LogP contribution in [0.25, 0.3) is 0 Å². The van der Waals surface area contributed by atoms with E-state index in [1.165, 1.54) is 60.1 Å². The van der Waals surface area contributed by atoms with Crippen LogP contribution in [0.4, 0.5) is 16.5 Å². The number of aryl methyl sites for hydroxylation is 4. The number of allylic oxidation sites excluding steroid dienone is 1. The Hall–Kier alpha value is -3.12. The molecular weight excluding hydrogens is 464 g/mol. The van der Waals surface area contributed by atoms with Gasteiger partial charge < -0.3 is 16.0 Å². The quantitative estimate of drug-likeness (QED) is 0.306. The molecule has 1 amide bonds. The van der Waals surface area contributed by atoms with Gasteiger partial charge in [0.25, 0.3) is 5.91 Å². The molecule has 188 valence electrons. The van der Waals surface area contributed by atoms with Crippen LogP contribution in [-0.4, -0.2) is 10.9 Å². The van der Waals surface area contributed by atoms with E-state index in [1.54, 1.807) is 0 Å². The van der Waals surface area contributed by atoms with Crippen LogP contribution in [0, 0.1) is 27.7 Å². The predicted molar refractivity (Wildman–Crippen MR) is 151 cm³/mol. The van der Waals surface area contributed by atoms with E-state index in [0.29, 0.717) is 10.8 Å². The molecule has 36 heavy (non-hydrogen) atoms. The van der Waals surface area contributed by atoms with Crippen LogP contribution in [0.15, 0.2) is 47.8 Å². The summed E-state index contributed by atoms with van der Waals surface area (Å²) < 4.78 is 0. The number of amides is 1. The number of anilines is 3. The highest BCUT2D eigenvalue weighted by Gasteiger charge is 2.22. The molecule has 0 radical (unpaired) electrons. The molecule has 2 fully saturated rings. The zero-order valence-electron chi connectivity index (χ0n) is 21.8. The molecule has 3 aromatic rings. The van der Waals surface area contributed by atoms with Crippen molar-refractivity contribution in [3.05, 3.63) is 80.6 Å². The molecule has 6 heteroatoms. The van der Waals surface area contributed by atoms with E-state index < -0.39 is 0 Å². The summed E-state index contributed by atoms with van der Waals surface area (Å²) in [5.74, 6) is 1.59. The summed E-state index contributed by atoms with van der Waals surface area (Å²) in [6, 6.07) is 13.1. The Kier molecular flexibility index (Phi) is 7.15. The summed E-state index contributed by atoms with van der Waals surface area (Å²) in [7, 11) is 0. The van der Waals surface area contributed by atoms with E-state index in [1.807, 2.05) is 20.8 Å². The van der Waals surface area contributed by atoms with Gasteiger partial charge in [-0.25, -0.2) is 4.98 Å². The molecule has 0 atom stereocenters. The third-order valence-corrected chi connectivity index (χ3v) is 8.33. The molecule has 5 rings (SSSR count). The van der Waals surface area contributed by atoms with Crippen molar-refractivity contribution in [2.45, 2.75) is 78.6 Å². The second-order valence-corrected chi connectivity index (χ2v) is 11.3. The van der Waals surface area contributed by atoms with Crippen LogP contribution in [0.3, 0.4) is 0 Å². The highest BCUT2D eigenvalue weighted by atomic mass is 32.1. The van der Waals surface area contributed by atoms with Gasteiger partial charge in [0.2, 0.25) is 0 Å². The summed E-state index contributed by atoms with van der Waals surface area (Å²) in [5.41, 5.74) is 8.84. The fourth-order valence-electron chi connectivity index (χ4n) is 5.25. The second-order valence-electron chi connectivity index (χ2n) is 10.3. The maximum absolute atomic E-state index is 13.1. The lowest BCUT2D eigenvalue weighted by Crippen LogP contribution is -2.13.